The summed E-state index contributed by atoms with van der Waals surface area (Å²) in [4.78, 5) is 26.4. The third kappa shape index (κ3) is 2.97. The van der Waals surface area contributed by atoms with Crippen molar-refractivity contribution in [2.24, 2.45) is 13.0 Å². The van der Waals surface area contributed by atoms with E-state index in [1.807, 2.05) is 0 Å². The van der Waals surface area contributed by atoms with Gasteiger partial charge in [-0.1, -0.05) is 0 Å². The van der Waals surface area contributed by atoms with Crippen molar-refractivity contribution in [1.29, 1.82) is 0 Å². The van der Waals surface area contributed by atoms with Gasteiger partial charge in [0.05, 0.1) is 11.9 Å². The number of hydrogen-bond acceptors (Lipinski definition) is 5. The van der Waals surface area contributed by atoms with Gasteiger partial charge in [-0.2, -0.15) is 5.10 Å². The van der Waals surface area contributed by atoms with E-state index in [4.69, 9.17) is 5.11 Å². The quantitative estimate of drug-likeness (QED) is 0.820. The van der Waals surface area contributed by atoms with E-state index in [2.05, 4.69) is 15.4 Å². The normalized spacial score (nSPS) is 12.1. The van der Waals surface area contributed by atoms with Gasteiger partial charge in [0, 0.05) is 24.2 Å². The number of aryl methyl sites for hydroxylation is 1. The van der Waals surface area contributed by atoms with Crippen LogP contribution in [0.2, 0.25) is 0 Å². The zero-order valence-electron chi connectivity index (χ0n) is 10.3. The summed E-state index contributed by atoms with van der Waals surface area (Å²) in [5.74, 6) is -2.85. The second-order valence-electron chi connectivity index (χ2n) is 3.99. The number of amides is 1. The van der Waals surface area contributed by atoms with Crippen molar-refractivity contribution in [1.82, 2.24) is 14.8 Å². The first-order valence-corrected chi connectivity index (χ1v) is 6.33. The van der Waals surface area contributed by atoms with E-state index in [0.29, 0.717) is 10.8 Å². The summed E-state index contributed by atoms with van der Waals surface area (Å²) in [5.41, 5.74) is 1.53. The molecule has 1 amide bonds. The summed E-state index contributed by atoms with van der Waals surface area (Å²) in [6.07, 6.45) is 3.47. The van der Waals surface area contributed by atoms with E-state index in [1.165, 1.54) is 18.3 Å². The molecule has 2 aromatic rings. The lowest BCUT2D eigenvalue weighted by atomic mass is 10.2. The van der Waals surface area contributed by atoms with Crippen LogP contribution in [0.15, 0.2) is 17.8 Å². The monoisotopic (exact) mass is 280 g/mol. The molecule has 19 heavy (non-hydrogen) atoms. The number of hydrogen-bond donors (Lipinski definition) is 2. The maximum absolute atomic E-state index is 11.6. The Morgan fingerprint density at radius 2 is 2.26 bits per heavy atom. The topological polar surface area (TPSA) is 97.1 Å². The van der Waals surface area contributed by atoms with Gasteiger partial charge in [0.2, 0.25) is 5.91 Å². The number of rotatable bonds is 4. The molecule has 0 aliphatic rings. The van der Waals surface area contributed by atoms with Crippen molar-refractivity contribution in [3.05, 3.63) is 17.8 Å². The van der Waals surface area contributed by atoms with E-state index in [0.717, 1.165) is 5.56 Å². The van der Waals surface area contributed by atoms with Crippen LogP contribution in [0, 0.1) is 5.92 Å². The van der Waals surface area contributed by atoms with E-state index in [1.54, 1.807) is 29.5 Å². The molecule has 0 aromatic carbocycles. The largest absolute Gasteiger partial charge is 0.481 e. The Labute approximate surface area is 112 Å². The first kappa shape index (κ1) is 13.2. The van der Waals surface area contributed by atoms with Crippen molar-refractivity contribution in [3.63, 3.8) is 0 Å². The van der Waals surface area contributed by atoms with Crippen molar-refractivity contribution in [3.8, 4) is 11.3 Å². The van der Waals surface area contributed by atoms with Gasteiger partial charge in [-0.15, -0.1) is 11.3 Å². The lowest BCUT2D eigenvalue weighted by molar-refractivity contribution is -0.144. The molecule has 2 rings (SSSR count). The predicted octanol–water partition coefficient (Wildman–Crippen LogP) is 1.20. The molecule has 0 spiro atoms. The number of carboxylic acid groups (broad SMARTS) is 1. The van der Waals surface area contributed by atoms with Gasteiger partial charge in [0.1, 0.15) is 5.92 Å². The molecule has 0 fully saturated rings. The second kappa shape index (κ2) is 5.19. The van der Waals surface area contributed by atoms with Crippen LogP contribution >= 0.6 is 11.3 Å². The molecule has 0 aliphatic carbocycles. The first-order valence-electron chi connectivity index (χ1n) is 5.45. The van der Waals surface area contributed by atoms with Gasteiger partial charge in [0.25, 0.3) is 0 Å². The highest BCUT2D eigenvalue weighted by atomic mass is 32.1. The minimum atomic E-state index is -1.17. The zero-order chi connectivity index (χ0) is 14.0. The number of aromatic nitrogens is 3. The Morgan fingerprint density at radius 3 is 2.84 bits per heavy atom. The van der Waals surface area contributed by atoms with Crippen LogP contribution in [0.3, 0.4) is 0 Å². The molecule has 2 N–H and O–H groups in total. The van der Waals surface area contributed by atoms with Gasteiger partial charge in [-0.05, 0) is 6.92 Å². The molecule has 0 radical (unpaired) electrons. The summed E-state index contributed by atoms with van der Waals surface area (Å²) >= 11 is 1.24. The fourth-order valence-corrected chi connectivity index (χ4v) is 2.07. The average Bonchev–Trinajstić information content (AvgIpc) is 2.96. The van der Waals surface area contributed by atoms with E-state index in [9.17, 15) is 9.59 Å². The highest BCUT2D eigenvalue weighted by Gasteiger charge is 2.21. The standard InChI is InChI=1S/C11H12N4O3S/c1-6(10(17)18)9(16)14-11-13-8(5-19-11)7-3-12-15(2)4-7/h3-6H,1-2H3,(H,17,18)(H,13,14,16). The highest BCUT2D eigenvalue weighted by Crippen LogP contribution is 2.24. The van der Waals surface area contributed by atoms with Crippen LogP contribution in [0.25, 0.3) is 11.3 Å². The Bertz CT molecular complexity index is 619. The Hall–Kier alpha value is -2.22. The maximum Gasteiger partial charge on any atom is 0.315 e. The SMILES string of the molecule is CC(C(=O)O)C(=O)Nc1nc(-c2cnn(C)c2)cs1. The molecule has 0 bridgehead atoms. The van der Waals surface area contributed by atoms with Crippen molar-refractivity contribution in [2.75, 3.05) is 5.32 Å². The van der Waals surface area contributed by atoms with Gasteiger partial charge >= 0.3 is 5.97 Å². The first-order chi connectivity index (χ1) is 8.97. The minimum absolute atomic E-state index is 0.372. The molecule has 7 nitrogen and oxygen atoms in total. The predicted molar refractivity (Wildman–Crippen MR) is 69.7 cm³/mol. The van der Waals surface area contributed by atoms with Gasteiger partial charge in [0.15, 0.2) is 5.13 Å². The molecule has 0 saturated carbocycles. The highest BCUT2D eigenvalue weighted by molar-refractivity contribution is 7.14. The zero-order valence-corrected chi connectivity index (χ0v) is 11.1. The van der Waals surface area contributed by atoms with E-state index in [-0.39, 0.29) is 0 Å². The Balaban J connectivity index is 2.10. The number of thiazole rings is 1. The van der Waals surface area contributed by atoms with Gasteiger partial charge in [-0.3, -0.25) is 14.3 Å². The number of anilines is 1. The average molecular weight is 280 g/mol. The van der Waals surface area contributed by atoms with Gasteiger partial charge in [-0.25, -0.2) is 4.98 Å². The Morgan fingerprint density at radius 1 is 1.53 bits per heavy atom. The van der Waals surface area contributed by atoms with Crippen LogP contribution < -0.4 is 5.32 Å². The number of carbonyl (C=O) groups is 2. The summed E-state index contributed by atoms with van der Waals surface area (Å²) < 4.78 is 1.65. The molecular weight excluding hydrogens is 268 g/mol. The third-order valence-electron chi connectivity index (χ3n) is 2.50. The molecule has 2 aromatic heterocycles. The molecular formula is C11H12N4O3S. The van der Waals surface area contributed by atoms with Crippen molar-refractivity contribution < 1.29 is 14.7 Å². The summed E-state index contributed by atoms with van der Waals surface area (Å²) in [6.45, 7) is 1.33. The minimum Gasteiger partial charge on any atom is -0.481 e. The fraction of sp³-hybridized carbons (Fsp3) is 0.273. The number of carbonyl (C=O) groups excluding carboxylic acids is 1. The number of nitrogens with one attached hydrogen (secondary N) is 1. The lowest BCUT2D eigenvalue weighted by Gasteiger charge is -2.04. The van der Waals surface area contributed by atoms with Crippen LogP contribution in [0.4, 0.5) is 5.13 Å². The number of aliphatic carboxylic acids is 1. The van der Waals surface area contributed by atoms with Crippen LogP contribution in [-0.4, -0.2) is 31.7 Å². The van der Waals surface area contributed by atoms with E-state index < -0.39 is 17.8 Å². The maximum atomic E-state index is 11.6. The molecule has 1 unspecified atom stereocenters. The van der Waals surface area contributed by atoms with Crippen molar-refractivity contribution >= 4 is 28.3 Å². The third-order valence-corrected chi connectivity index (χ3v) is 3.26. The van der Waals surface area contributed by atoms with Crippen LogP contribution in [0.5, 0.6) is 0 Å². The lowest BCUT2D eigenvalue weighted by Crippen LogP contribution is -2.26. The number of carboxylic acids is 1. The van der Waals surface area contributed by atoms with Gasteiger partial charge < -0.3 is 10.4 Å². The summed E-state index contributed by atoms with van der Waals surface area (Å²) in [5, 5.41) is 17.4. The second-order valence-corrected chi connectivity index (χ2v) is 4.85. The number of nitrogens with zero attached hydrogens (tertiary/aromatic N) is 3. The molecule has 2 heterocycles. The van der Waals surface area contributed by atoms with Crippen molar-refractivity contribution in [2.45, 2.75) is 6.92 Å². The van der Waals surface area contributed by atoms with Crippen LogP contribution in [0.1, 0.15) is 6.92 Å². The molecule has 0 saturated heterocycles. The fourth-order valence-electron chi connectivity index (χ4n) is 1.34. The van der Waals surface area contributed by atoms with E-state index >= 15 is 0 Å². The molecule has 1 atom stereocenters. The summed E-state index contributed by atoms with van der Waals surface area (Å²) in [6, 6.07) is 0. The smallest absolute Gasteiger partial charge is 0.315 e. The molecule has 0 aliphatic heterocycles. The van der Waals surface area contributed by atoms with Crippen LogP contribution in [-0.2, 0) is 16.6 Å². The Kier molecular flexibility index (Phi) is 3.61. The molecule has 8 heteroatoms. The molecule has 100 valence electrons. The summed E-state index contributed by atoms with van der Waals surface area (Å²) in [7, 11) is 1.80.